The molecule has 0 aliphatic carbocycles. The number of aliphatic hydroxyl groups is 1. The van der Waals surface area contributed by atoms with Crippen LogP contribution in [0.1, 0.15) is 174 Å². The van der Waals surface area contributed by atoms with Crippen molar-refractivity contribution in [3.8, 4) is 0 Å². The minimum absolute atomic E-state index is 0.0293. The molecule has 0 radical (unpaired) electrons. The molecule has 4 N–H and O–H groups in total. The van der Waals surface area contributed by atoms with E-state index in [1.807, 2.05) is 48.6 Å². The van der Waals surface area contributed by atoms with Crippen molar-refractivity contribution in [2.45, 2.75) is 187 Å². The van der Waals surface area contributed by atoms with Crippen molar-refractivity contribution in [2.75, 3.05) is 26.4 Å². The number of rotatable bonds is 42. The van der Waals surface area contributed by atoms with Crippen molar-refractivity contribution in [2.24, 2.45) is 5.73 Å². The molecule has 0 fully saturated rings. The zero-order valence-corrected chi connectivity index (χ0v) is 38.4. The number of esters is 2. The first-order valence-electron chi connectivity index (χ1n) is 23.2. The molecule has 11 heteroatoms. The van der Waals surface area contributed by atoms with E-state index in [0.29, 0.717) is 25.7 Å². The molecule has 60 heavy (non-hydrogen) atoms. The van der Waals surface area contributed by atoms with Crippen LogP contribution in [0.5, 0.6) is 0 Å². The number of aliphatic hydroxyl groups excluding tert-OH is 1. The normalized spacial score (nSPS) is 14.6. The maximum atomic E-state index is 12.6. The van der Waals surface area contributed by atoms with Crippen LogP contribution in [0.15, 0.2) is 85.1 Å². The molecule has 0 aromatic heterocycles. The van der Waals surface area contributed by atoms with E-state index in [4.69, 9.17) is 24.3 Å². The van der Waals surface area contributed by atoms with Gasteiger partial charge in [-0.1, -0.05) is 176 Å². The summed E-state index contributed by atoms with van der Waals surface area (Å²) in [6.45, 7) is 3.44. The van der Waals surface area contributed by atoms with Crippen molar-refractivity contribution in [3.63, 3.8) is 0 Å². The van der Waals surface area contributed by atoms with Crippen LogP contribution in [0.3, 0.4) is 0 Å². The second-order valence-electron chi connectivity index (χ2n) is 15.1. The van der Waals surface area contributed by atoms with Crippen LogP contribution in [0.4, 0.5) is 0 Å². The summed E-state index contributed by atoms with van der Waals surface area (Å²) in [5.74, 6) is -0.963. The molecular formula is C49H84NO9P. The maximum Gasteiger partial charge on any atom is 0.472 e. The lowest BCUT2D eigenvalue weighted by atomic mass is 10.1. The van der Waals surface area contributed by atoms with E-state index in [0.717, 1.165) is 38.5 Å². The molecule has 0 saturated carbocycles. The monoisotopic (exact) mass is 862 g/mol. The number of ether oxygens (including phenoxy) is 2. The molecule has 0 spiro atoms. The first-order chi connectivity index (χ1) is 29.2. The zero-order valence-electron chi connectivity index (χ0n) is 37.5. The summed E-state index contributed by atoms with van der Waals surface area (Å²) in [6, 6.07) is 0. The highest BCUT2D eigenvalue weighted by Gasteiger charge is 2.25. The van der Waals surface area contributed by atoms with Gasteiger partial charge >= 0.3 is 19.8 Å². The number of hydrogen-bond donors (Lipinski definition) is 3. The average Bonchev–Trinajstić information content (AvgIpc) is 3.23. The quantitative estimate of drug-likeness (QED) is 0.0178. The fourth-order valence-corrected chi connectivity index (χ4v) is 6.68. The number of unbranched alkanes of at least 4 members (excludes halogenated alkanes) is 15. The van der Waals surface area contributed by atoms with E-state index in [1.54, 1.807) is 6.08 Å². The van der Waals surface area contributed by atoms with Gasteiger partial charge in [-0.3, -0.25) is 18.6 Å². The van der Waals surface area contributed by atoms with Crippen LogP contribution in [-0.4, -0.2) is 60.5 Å². The molecule has 3 atom stereocenters. The largest absolute Gasteiger partial charge is 0.472 e. The van der Waals surface area contributed by atoms with E-state index in [9.17, 15) is 24.2 Å². The Morgan fingerprint density at radius 1 is 0.600 bits per heavy atom. The standard InChI is InChI=1S/C49H84NO9P/c1-3-5-7-9-11-12-13-14-15-16-17-18-19-20-21-25-28-32-36-40-48(52)56-44-47(45-58-60(54,55)57-43-42-50)59-49(53)41-37-33-29-26-23-22-24-27-31-35-39-46(51)38-34-30-10-8-6-4-2/h6,8,14-15,22-23,27,29-31,33-35,39,46-47,51H,3-5,7,9-13,16-21,24-26,28,32,36-38,40-45,50H2,1-2H3,(H,54,55)/b8-6-,15-14-,23-22-,31-27-,33-29-,34-30-,39-35+/t46?,47-/m1/s1. The third-order valence-electron chi connectivity index (χ3n) is 9.36. The smallest absolute Gasteiger partial charge is 0.462 e. The lowest BCUT2D eigenvalue weighted by Crippen LogP contribution is -2.29. The van der Waals surface area contributed by atoms with Gasteiger partial charge < -0.3 is 25.2 Å². The second kappa shape index (κ2) is 44.2. The molecule has 2 unspecified atom stereocenters. The van der Waals surface area contributed by atoms with E-state index in [2.05, 4.69) is 44.2 Å². The Morgan fingerprint density at radius 2 is 1.15 bits per heavy atom. The molecule has 0 aliphatic heterocycles. The Bertz CT molecular complexity index is 1270. The summed E-state index contributed by atoms with van der Waals surface area (Å²) in [5.41, 5.74) is 5.34. The van der Waals surface area contributed by atoms with Gasteiger partial charge in [0.15, 0.2) is 6.10 Å². The van der Waals surface area contributed by atoms with Gasteiger partial charge in [0.05, 0.1) is 19.3 Å². The highest BCUT2D eigenvalue weighted by molar-refractivity contribution is 7.47. The van der Waals surface area contributed by atoms with E-state index in [-0.39, 0.29) is 32.6 Å². The van der Waals surface area contributed by atoms with Crippen molar-refractivity contribution >= 4 is 19.8 Å². The molecule has 344 valence electrons. The summed E-state index contributed by atoms with van der Waals surface area (Å²) >= 11 is 0. The fraction of sp³-hybridized carbons (Fsp3) is 0.673. The van der Waals surface area contributed by atoms with Gasteiger partial charge in [0, 0.05) is 19.4 Å². The van der Waals surface area contributed by atoms with Gasteiger partial charge in [-0.15, -0.1) is 0 Å². The first-order valence-corrected chi connectivity index (χ1v) is 24.7. The van der Waals surface area contributed by atoms with E-state index in [1.165, 1.54) is 83.5 Å². The summed E-state index contributed by atoms with van der Waals surface area (Å²) in [4.78, 5) is 34.9. The minimum Gasteiger partial charge on any atom is -0.462 e. The molecule has 10 nitrogen and oxygen atoms in total. The minimum atomic E-state index is -4.42. The lowest BCUT2D eigenvalue weighted by molar-refractivity contribution is -0.161. The van der Waals surface area contributed by atoms with Gasteiger partial charge in [0.1, 0.15) is 6.61 Å². The number of carbonyl (C=O) groups is 2. The van der Waals surface area contributed by atoms with Crippen molar-refractivity contribution in [3.05, 3.63) is 85.1 Å². The number of allylic oxidation sites excluding steroid dienone is 12. The van der Waals surface area contributed by atoms with Crippen molar-refractivity contribution < 1.29 is 42.7 Å². The van der Waals surface area contributed by atoms with Gasteiger partial charge in [-0.2, -0.15) is 0 Å². The van der Waals surface area contributed by atoms with Gasteiger partial charge in [-0.25, -0.2) is 4.57 Å². The molecule has 0 saturated heterocycles. The zero-order chi connectivity index (χ0) is 44.0. The molecule has 0 aromatic carbocycles. The Morgan fingerprint density at radius 3 is 1.78 bits per heavy atom. The van der Waals surface area contributed by atoms with Gasteiger partial charge in [0.2, 0.25) is 0 Å². The number of phosphoric ester groups is 1. The average molecular weight is 862 g/mol. The molecule has 0 bridgehead atoms. The molecule has 0 heterocycles. The van der Waals surface area contributed by atoms with Crippen LogP contribution in [0.2, 0.25) is 0 Å². The Kier molecular flexibility index (Phi) is 42.1. The Labute approximate surface area is 365 Å². The lowest BCUT2D eigenvalue weighted by Gasteiger charge is -2.19. The Balaban J connectivity index is 4.30. The highest BCUT2D eigenvalue weighted by atomic mass is 31.2. The van der Waals surface area contributed by atoms with Crippen LogP contribution in [-0.2, 0) is 32.7 Å². The fourth-order valence-electron chi connectivity index (χ4n) is 5.92. The van der Waals surface area contributed by atoms with Crippen LogP contribution in [0.25, 0.3) is 0 Å². The van der Waals surface area contributed by atoms with E-state index >= 15 is 0 Å². The van der Waals surface area contributed by atoms with E-state index < -0.39 is 38.6 Å². The molecule has 0 aromatic rings. The SMILES string of the molecule is CC/C=C\C/C=C\CC(O)/C=C/C=C\C/C=C\C/C=C\CCC(=O)O[C@H](COC(=O)CCCCCCCCCCC/C=C\CCCCCCCC)COP(=O)(O)OCCN. The van der Waals surface area contributed by atoms with Crippen molar-refractivity contribution in [1.82, 2.24) is 0 Å². The molecule has 0 amide bonds. The summed E-state index contributed by atoms with van der Waals surface area (Å²) in [6.07, 6.45) is 52.3. The highest BCUT2D eigenvalue weighted by Crippen LogP contribution is 2.43. The predicted molar refractivity (Wildman–Crippen MR) is 248 cm³/mol. The third-order valence-corrected chi connectivity index (χ3v) is 10.3. The topological polar surface area (TPSA) is 155 Å². The predicted octanol–water partition coefficient (Wildman–Crippen LogP) is 12.6. The molecule has 0 rings (SSSR count). The first kappa shape index (κ1) is 57.1. The maximum absolute atomic E-state index is 12.6. The summed E-state index contributed by atoms with van der Waals surface area (Å²) in [5, 5.41) is 10.0. The number of phosphoric acid groups is 1. The van der Waals surface area contributed by atoms with Crippen LogP contribution < -0.4 is 5.73 Å². The summed E-state index contributed by atoms with van der Waals surface area (Å²) in [7, 11) is -4.42. The number of nitrogens with two attached hydrogens (primary N) is 1. The van der Waals surface area contributed by atoms with Crippen molar-refractivity contribution in [1.29, 1.82) is 0 Å². The summed E-state index contributed by atoms with van der Waals surface area (Å²) < 4.78 is 32.7. The number of hydrogen-bond acceptors (Lipinski definition) is 9. The van der Waals surface area contributed by atoms with Gasteiger partial charge in [-0.05, 0) is 70.6 Å². The van der Waals surface area contributed by atoms with Crippen LogP contribution >= 0.6 is 7.82 Å². The molecule has 0 aliphatic rings. The molecular weight excluding hydrogens is 778 g/mol. The Hall–Kier alpha value is -2.85. The third kappa shape index (κ3) is 43.2. The van der Waals surface area contributed by atoms with Crippen LogP contribution in [0, 0.1) is 0 Å². The van der Waals surface area contributed by atoms with Gasteiger partial charge in [0.25, 0.3) is 0 Å². The number of carbonyl (C=O) groups excluding carboxylic acids is 2. The second-order valence-corrected chi connectivity index (χ2v) is 16.5.